The first kappa shape index (κ1) is 16.6. The SMILES string of the molecule is CN1CCN(c2ccc(C(F)(F)F)cc2NCc2ncc[nH]2)CC1. The van der Waals surface area contributed by atoms with Crippen LogP contribution in [0.1, 0.15) is 11.4 Å². The van der Waals surface area contributed by atoms with Crippen LogP contribution in [0, 0.1) is 0 Å². The summed E-state index contributed by atoms with van der Waals surface area (Å²) in [6.45, 7) is 3.70. The molecule has 0 atom stereocenters. The Kier molecular flexibility index (Phi) is 4.66. The summed E-state index contributed by atoms with van der Waals surface area (Å²) >= 11 is 0. The van der Waals surface area contributed by atoms with Gasteiger partial charge in [0.25, 0.3) is 0 Å². The fraction of sp³-hybridized carbons (Fsp3) is 0.438. The zero-order valence-corrected chi connectivity index (χ0v) is 13.4. The third-order valence-corrected chi connectivity index (χ3v) is 4.17. The van der Waals surface area contributed by atoms with Crippen molar-refractivity contribution in [2.24, 2.45) is 0 Å². The van der Waals surface area contributed by atoms with Crippen molar-refractivity contribution >= 4 is 11.4 Å². The van der Waals surface area contributed by atoms with Crippen LogP contribution in [0.3, 0.4) is 0 Å². The monoisotopic (exact) mass is 339 g/mol. The highest BCUT2D eigenvalue weighted by molar-refractivity contribution is 5.71. The maximum absolute atomic E-state index is 13.0. The lowest BCUT2D eigenvalue weighted by Crippen LogP contribution is -2.44. The summed E-state index contributed by atoms with van der Waals surface area (Å²) in [5.74, 6) is 0.678. The number of imidazole rings is 1. The molecule has 0 saturated carbocycles. The van der Waals surface area contributed by atoms with Crippen LogP contribution in [0.25, 0.3) is 0 Å². The van der Waals surface area contributed by atoms with Crippen molar-refractivity contribution in [3.05, 3.63) is 42.0 Å². The summed E-state index contributed by atoms with van der Waals surface area (Å²) in [6, 6.07) is 3.88. The van der Waals surface area contributed by atoms with Gasteiger partial charge in [-0.05, 0) is 25.2 Å². The molecule has 0 radical (unpaired) electrons. The molecule has 24 heavy (non-hydrogen) atoms. The van der Waals surface area contributed by atoms with E-state index in [0.717, 1.165) is 37.9 Å². The minimum absolute atomic E-state index is 0.342. The summed E-state index contributed by atoms with van der Waals surface area (Å²) in [7, 11) is 2.04. The molecule has 1 aromatic heterocycles. The summed E-state index contributed by atoms with van der Waals surface area (Å²) in [5.41, 5.74) is 0.621. The Morgan fingerprint density at radius 3 is 2.58 bits per heavy atom. The molecule has 2 heterocycles. The summed E-state index contributed by atoms with van der Waals surface area (Å²) < 4.78 is 39.1. The standard InChI is InChI=1S/C16H20F3N5/c1-23-6-8-24(9-7-23)14-3-2-12(16(17,18)19)10-13(14)22-11-15-20-4-5-21-15/h2-5,10,22H,6-9,11H2,1H3,(H,20,21). The minimum Gasteiger partial charge on any atom is -0.376 e. The van der Waals surface area contributed by atoms with E-state index in [1.54, 1.807) is 18.5 Å². The number of anilines is 2. The van der Waals surface area contributed by atoms with Gasteiger partial charge in [0, 0.05) is 38.6 Å². The number of aromatic nitrogens is 2. The van der Waals surface area contributed by atoms with Crippen LogP contribution < -0.4 is 10.2 Å². The predicted molar refractivity (Wildman–Crippen MR) is 87.1 cm³/mol. The van der Waals surface area contributed by atoms with Gasteiger partial charge in [0.15, 0.2) is 0 Å². The van der Waals surface area contributed by atoms with E-state index in [2.05, 4.69) is 25.1 Å². The van der Waals surface area contributed by atoms with Crippen LogP contribution in [0.4, 0.5) is 24.5 Å². The molecule has 2 aromatic rings. The Balaban J connectivity index is 1.85. The highest BCUT2D eigenvalue weighted by Crippen LogP contribution is 2.35. The van der Waals surface area contributed by atoms with Gasteiger partial charge in [0.2, 0.25) is 0 Å². The highest BCUT2D eigenvalue weighted by Gasteiger charge is 2.31. The first-order valence-electron chi connectivity index (χ1n) is 7.80. The number of aromatic amines is 1. The molecule has 1 aromatic carbocycles. The predicted octanol–water partition coefficient (Wildman–Crippen LogP) is 2.79. The molecule has 3 rings (SSSR count). The van der Waals surface area contributed by atoms with Gasteiger partial charge in [-0.3, -0.25) is 0 Å². The topological polar surface area (TPSA) is 47.2 Å². The first-order valence-corrected chi connectivity index (χ1v) is 7.80. The fourth-order valence-electron chi connectivity index (χ4n) is 2.75. The van der Waals surface area contributed by atoms with E-state index in [1.165, 1.54) is 6.07 Å². The number of alkyl halides is 3. The van der Waals surface area contributed by atoms with Crippen molar-refractivity contribution in [1.29, 1.82) is 0 Å². The average Bonchev–Trinajstić information content (AvgIpc) is 3.06. The Labute approximate surface area is 138 Å². The number of halogens is 3. The number of likely N-dealkylation sites (N-methyl/N-ethyl adjacent to an activating group) is 1. The van der Waals surface area contributed by atoms with Gasteiger partial charge in [-0.15, -0.1) is 0 Å². The molecule has 1 aliphatic rings. The van der Waals surface area contributed by atoms with Crippen molar-refractivity contribution in [3.8, 4) is 0 Å². The molecule has 0 unspecified atom stereocenters. The Morgan fingerprint density at radius 2 is 1.96 bits per heavy atom. The third kappa shape index (κ3) is 3.81. The number of H-pyrrole nitrogens is 1. The number of piperazine rings is 1. The normalized spacial score (nSPS) is 16.4. The largest absolute Gasteiger partial charge is 0.416 e. The van der Waals surface area contributed by atoms with Crippen molar-refractivity contribution in [1.82, 2.24) is 14.9 Å². The van der Waals surface area contributed by atoms with Crippen molar-refractivity contribution in [3.63, 3.8) is 0 Å². The number of rotatable bonds is 4. The van der Waals surface area contributed by atoms with Crippen molar-refractivity contribution in [2.75, 3.05) is 43.4 Å². The van der Waals surface area contributed by atoms with Crippen LogP contribution >= 0.6 is 0 Å². The Hall–Kier alpha value is -2.22. The lowest BCUT2D eigenvalue weighted by atomic mass is 10.1. The molecule has 1 fully saturated rings. The molecule has 0 aliphatic carbocycles. The lowest BCUT2D eigenvalue weighted by molar-refractivity contribution is -0.137. The van der Waals surface area contributed by atoms with Gasteiger partial charge < -0.3 is 20.1 Å². The number of hydrogen-bond acceptors (Lipinski definition) is 4. The maximum atomic E-state index is 13.0. The van der Waals surface area contributed by atoms with Crippen molar-refractivity contribution < 1.29 is 13.2 Å². The molecule has 130 valence electrons. The molecule has 1 aliphatic heterocycles. The van der Waals surface area contributed by atoms with E-state index in [1.807, 2.05) is 7.05 Å². The van der Waals surface area contributed by atoms with E-state index in [9.17, 15) is 13.2 Å². The number of nitrogens with zero attached hydrogens (tertiary/aromatic N) is 3. The van der Waals surface area contributed by atoms with E-state index >= 15 is 0 Å². The van der Waals surface area contributed by atoms with E-state index in [4.69, 9.17) is 0 Å². The maximum Gasteiger partial charge on any atom is 0.416 e. The molecule has 8 heteroatoms. The van der Waals surface area contributed by atoms with Crippen LogP contribution in [-0.4, -0.2) is 48.1 Å². The quantitative estimate of drug-likeness (QED) is 0.899. The van der Waals surface area contributed by atoms with E-state index in [0.29, 0.717) is 18.1 Å². The molecule has 1 saturated heterocycles. The summed E-state index contributed by atoms with van der Waals surface area (Å²) in [6.07, 6.45) is -1.06. The molecule has 0 amide bonds. The lowest BCUT2D eigenvalue weighted by Gasteiger charge is -2.35. The van der Waals surface area contributed by atoms with E-state index < -0.39 is 11.7 Å². The average molecular weight is 339 g/mol. The molecular weight excluding hydrogens is 319 g/mol. The number of benzene rings is 1. The van der Waals surface area contributed by atoms with Crippen LogP contribution in [-0.2, 0) is 12.7 Å². The van der Waals surface area contributed by atoms with E-state index in [-0.39, 0.29) is 0 Å². The smallest absolute Gasteiger partial charge is 0.376 e. The second-order valence-electron chi connectivity index (χ2n) is 5.91. The Bertz CT molecular complexity index is 661. The van der Waals surface area contributed by atoms with Gasteiger partial charge in [-0.2, -0.15) is 13.2 Å². The number of hydrogen-bond donors (Lipinski definition) is 2. The summed E-state index contributed by atoms with van der Waals surface area (Å²) in [4.78, 5) is 11.4. The van der Waals surface area contributed by atoms with Crippen LogP contribution in [0.15, 0.2) is 30.6 Å². The van der Waals surface area contributed by atoms with Gasteiger partial charge in [-0.1, -0.05) is 0 Å². The molecular formula is C16H20F3N5. The molecule has 0 spiro atoms. The van der Waals surface area contributed by atoms with Gasteiger partial charge in [0.05, 0.1) is 23.5 Å². The highest BCUT2D eigenvalue weighted by atomic mass is 19.4. The van der Waals surface area contributed by atoms with Gasteiger partial charge >= 0.3 is 6.18 Å². The number of nitrogens with one attached hydrogen (secondary N) is 2. The molecule has 0 bridgehead atoms. The zero-order valence-electron chi connectivity index (χ0n) is 13.4. The van der Waals surface area contributed by atoms with Crippen LogP contribution in [0.5, 0.6) is 0 Å². The van der Waals surface area contributed by atoms with Gasteiger partial charge in [-0.25, -0.2) is 4.98 Å². The summed E-state index contributed by atoms with van der Waals surface area (Å²) in [5, 5.41) is 3.09. The van der Waals surface area contributed by atoms with Crippen LogP contribution in [0.2, 0.25) is 0 Å². The zero-order chi connectivity index (χ0) is 17.2. The third-order valence-electron chi connectivity index (χ3n) is 4.17. The second-order valence-corrected chi connectivity index (χ2v) is 5.91. The Morgan fingerprint density at radius 1 is 1.21 bits per heavy atom. The second kappa shape index (κ2) is 6.72. The van der Waals surface area contributed by atoms with Crippen molar-refractivity contribution in [2.45, 2.75) is 12.7 Å². The van der Waals surface area contributed by atoms with Gasteiger partial charge in [0.1, 0.15) is 5.82 Å². The molecule has 5 nitrogen and oxygen atoms in total. The fourth-order valence-corrected chi connectivity index (χ4v) is 2.75. The molecule has 2 N–H and O–H groups in total. The minimum atomic E-state index is -4.36. The first-order chi connectivity index (χ1) is 11.4.